The number of carbonyl (C=O) groups is 2. The number of phenols is 1. The Kier molecular flexibility index (Phi) is 4.15. The second-order valence-corrected chi connectivity index (χ2v) is 5.80. The topological polar surface area (TPSA) is 63.6 Å². The molecule has 1 N–H and O–H groups in total. The summed E-state index contributed by atoms with van der Waals surface area (Å²) in [5, 5.41) is 9.23. The summed E-state index contributed by atoms with van der Waals surface area (Å²) in [6.45, 7) is 1.58. The maximum Gasteiger partial charge on any atom is 0.338 e. The van der Waals surface area contributed by atoms with Crippen molar-refractivity contribution in [2.75, 3.05) is 0 Å². The van der Waals surface area contributed by atoms with Gasteiger partial charge in [0.25, 0.3) is 0 Å². The second kappa shape index (κ2) is 6.24. The lowest BCUT2D eigenvalue weighted by Crippen LogP contribution is -2.24. The van der Waals surface area contributed by atoms with Crippen molar-refractivity contribution in [3.05, 3.63) is 64.7 Å². The highest BCUT2D eigenvalue weighted by atomic mass is 16.5. The zero-order chi connectivity index (χ0) is 16.4. The molecule has 0 heterocycles. The molecule has 0 aliphatic heterocycles. The second-order valence-electron chi connectivity index (χ2n) is 5.80. The lowest BCUT2D eigenvalue weighted by atomic mass is 10.0. The van der Waals surface area contributed by atoms with Crippen LogP contribution in [0.2, 0.25) is 0 Å². The van der Waals surface area contributed by atoms with Gasteiger partial charge in [-0.3, -0.25) is 4.79 Å². The van der Waals surface area contributed by atoms with Crippen molar-refractivity contribution in [2.24, 2.45) is 0 Å². The fraction of sp³-hybridized carbons (Fsp3) is 0.263. The Morgan fingerprint density at radius 3 is 2.39 bits per heavy atom. The maximum absolute atomic E-state index is 12.4. The largest absolute Gasteiger partial charge is 0.508 e. The standard InChI is InChI=1S/C19H18O4/c1-12(23-19(22)14-7-9-17(20)10-8-14)18(21)16-6-5-13-3-2-4-15(13)11-16/h5-12,20H,2-4H2,1H3/t12-/m1/s1. The van der Waals surface area contributed by atoms with Crippen LogP contribution < -0.4 is 0 Å². The number of ketones is 1. The molecule has 4 heteroatoms. The third-order valence-electron chi connectivity index (χ3n) is 4.14. The van der Waals surface area contributed by atoms with Crippen LogP contribution in [-0.4, -0.2) is 23.0 Å². The van der Waals surface area contributed by atoms with Crippen molar-refractivity contribution in [2.45, 2.75) is 32.3 Å². The third kappa shape index (κ3) is 3.26. The molecule has 3 rings (SSSR count). The van der Waals surface area contributed by atoms with Gasteiger partial charge in [0.2, 0.25) is 5.78 Å². The Balaban J connectivity index is 1.70. The zero-order valence-corrected chi connectivity index (χ0v) is 12.9. The summed E-state index contributed by atoms with van der Waals surface area (Å²) in [6, 6.07) is 11.4. The van der Waals surface area contributed by atoms with E-state index in [1.54, 1.807) is 13.0 Å². The van der Waals surface area contributed by atoms with E-state index in [1.165, 1.54) is 35.4 Å². The fourth-order valence-electron chi connectivity index (χ4n) is 2.84. The van der Waals surface area contributed by atoms with Crippen LogP contribution in [-0.2, 0) is 17.6 Å². The number of carbonyl (C=O) groups excluding carboxylic acids is 2. The van der Waals surface area contributed by atoms with Gasteiger partial charge in [-0.1, -0.05) is 12.1 Å². The van der Waals surface area contributed by atoms with E-state index in [2.05, 4.69) is 0 Å². The first-order chi connectivity index (χ1) is 11.0. The van der Waals surface area contributed by atoms with Gasteiger partial charge in [0.15, 0.2) is 6.10 Å². The number of Topliss-reactive ketones (excluding diaryl/α,β-unsaturated/α-hetero) is 1. The number of hydrogen-bond donors (Lipinski definition) is 1. The molecule has 1 aliphatic carbocycles. The summed E-state index contributed by atoms with van der Waals surface area (Å²) >= 11 is 0. The average molecular weight is 310 g/mol. The van der Waals surface area contributed by atoms with E-state index in [0.717, 1.165) is 19.3 Å². The van der Waals surface area contributed by atoms with Crippen LogP contribution in [0.25, 0.3) is 0 Å². The molecule has 0 aromatic heterocycles. The molecule has 0 saturated carbocycles. The highest BCUT2D eigenvalue weighted by molar-refractivity contribution is 6.01. The van der Waals surface area contributed by atoms with Crippen molar-refractivity contribution < 1.29 is 19.4 Å². The van der Waals surface area contributed by atoms with E-state index in [9.17, 15) is 14.7 Å². The summed E-state index contributed by atoms with van der Waals surface area (Å²) in [6.07, 6.45) is 2.34. The first-order valence-corrected chi connectivity index (χ1v) is 7.70. The van der Waals surface area contributed by atoms with Crippen LogP contribution in [0.5, 0.6) is 5.75 Å². The molecule has 1 aliphatic rings. The Bertz CT molecular complexity index is 746. The molecule has 0 amide bonds. The number of esters is 1. The molecule has 0 spiro atoms. The molecule has 118 valence electrons. The minimum Gasteiger partial charge on any atom is -0.508 e. The first-order valence-electron chi connectivity index (χ1n) is 7.70. The molecule has 0 bridgehead atoms. The quantitative estimate of drug-likeness (QED) is 0.695. The molecule has 0 fully saturated rings. The van der Waals surface area contributed by atoms with E-state index in [4.69, 9.17) is 4.74 Å². The van der Waals surface area contributed by atoms with Gasteiger partial charge >= 0.3 is 5.97 Å². The summed E-state index contributed by atoms with van der Waals surface area (Å²) in [4.78, 5) is 24.5. The molecule has 23 heavy (non-hydrogen) atoms. The van der Waals surface area contributed by atoms with E-state index in [1.807, 2.05) is 12.1 Å². The van der Waals surface area contributed by atoms with Crippen molar-refractivity contribution >= 4 is 11.8 Å². The van der Waals surface area contributed by atoms with Gasteiger partial charge in [0.05, 0.1) is 5.56 Å². The smallest absolute Gasteiger partial charge is 0.338 e. The van der Waals surface area contributed by atoms with Crippen molar-refractivity contribution in [3.63, 3.8) is 0 Å². The lowest BCUT2D eigenvalue weighted by Gasteiger charge is -2.13. The van der Waals surface area contributed by atoms with Crippen molar-refractivity contribution in [1.29, 1.82) is 0 Å². The lowest BCUT2D eigenvalue weighted by molar-refractivity contribution is 0.0319. The number of ether oxygens (including phenoxy) is 1. The molecular formula is C19H18O4. The van der Waals surface area contributed by atoms with Gasteiger partial charge in [0, 0.05) is 5.56 Å². The Morgan fingerprint density at radius 1 is 1.00 bits per heavy atom. The Morgan fingerprint density at radius 2 is 1.65 bits per heavy atom. The highest BCUT2D eigenvalue weighted by Gasteiger charge is 2.22. The minimum atomic E-state index is -0.851. The summed E-state index contributed by atoms with van der Waals surface area (Å²) in [5.41, 5.74) is 3.40. The highest BCUT2D eigenvalue weighted by Crippen LogP contribution is 2.23. The monoisotopic (exact) mass is 310 g/mol. The molecule has 2 aromatic rings. The predicted octanol–water partition coefficient (Wildman–Crippen LogP) is 3.31. The number of fused-ring (bicyclic) bond motifs is 1. The molecule has 0 unspecified atom stereocenters. The number of aryl methyl sites for hydroxylation is 2. The number of phenolic OH excluding ortho intramolecular Hbond substituents is 1. The minimum absolute atomic E-state index is 0.0730. The summed E-state index contributed by atoms with van der Waals surface area (Å²) in [7, 11) is 0. The maximum atomic E-state index is 12.4. The van der Waals surface area contributed by atoms with Gasteiger partial charge in [-0.2, -0.15) is 0 Å². The Labute approximate surface area is 134 Å². The molecule has 1 atom stereocenters. The van der Waals surface area contributed by atoms with Gasteiger partial charge in [-0.15, -0.1) is 0 Å². The van der Waals surface area contributed by atoms with Gasteiger partial charge in [-0.05, 0) is 67.6 Å². The number of hydrogen-bond acceptors (Lipinski definition) is 4. The van der Waals surface area contributed by atoms with Crippen molar-refractivity contribution in [3.8, 4) is 5.75 Å². The number of rotatable bonds is 4. The molecule has 0 radical (unpaired) electrons. The molecular weight excluding hydrogens is 292 g/mol. The average Bonchev–Trinajstić information content (AvgIpc) is 3.02. The van der Waals surface area contributed by atoms with Crippen LogP contribution in [0.15, 0.2) is 42.5 Å². The third-order valence-corrected chi connectivity index (χ3v) is 4.14. The number of aromatic hydroxyl groups is 1. The van der Waals surface area contributed by atoms with E-state index in [0.29, 0.717) is 11.1 Å². The summed E-state index contributed by atoms with van der Waals surface area (Å²) < 4.78 is 5.24. The van der Waals surface area contributed by atoms with Crippen LogP contribution in [0, 0.1) is 0 Å². The van der Waals surface area contributed by atoms with Crippen molar-refractivity contribution in [1.82, 2.24) is 0 Å². The predicted molar refractivity (Wildman–Crippen MR) is 85.8 cm³/mol. The van der Waals surface area contributed by atoms with E-state index >= 15 is 0 Å². The fourth-order valence-corrected chi connectivity index (χ4v) is 2.84. The van der Waals surface area contributed by atoms with Crippen LogP contribution in [0.1, 0.15) is 45.2 Å². The van der Waals surface area contributed by atoms with E-state index < -0.39 is 12.1 Å². The Hall–Kier alpha value is -2.62. The molecule has 2 aromatic carbocycles. The number of benzene rings is 2. The first kappa shape index (κ1) is 15.3. The van der Waals surface area contributed by atoms with Gasteiger partial charge in [-0.25, -0.2) is 4.79 Å². The SMILES string of the molecule is C[C@@H](OC(=O)c1ccc(O)cc1)C(=O)c1ccc2c(c1)CCC2. The zero-order valence-electron chi connectivity index (χ0n) is 12.9. The van der Waals surface area contributed by atoms with Crippen LogP contribution >= 0.6 is 0 Å². The van der Waals surface area contributed by atoms with Crippen LogP contribution in [0.4, 0.5) is 0 Å². The van der Waals surface area contributed by atoms with Gasteiger partial charge < -0.3 is 9.84 Å². The van der Waals surface area contributed by atoms with Gasteiger partial charge in [0.1, 0.15) is 5.75 Å². The van der Waals surface area contributed by atoms with Crippen LogP contribution in [0.3, 0.4) is 0 Å². The summed E-state index contributed by atoms with van der Waals surface area (Å²) in [5.74, 6) is -0.706. The molecule has 0 saturated heterocycles. The molecule has 4 nitrogen and oxygen atoms in total. The van der Waals surface area contributed by atoms with E-state index in [-0.39, 0.29) is 11.5 Å². The normalized spacial score (nSPS) is 14.1.